The summed E-state index contributed by atoms with van der Waals surface area (Å²) in [6, 6.07) is 3.46. The Balaban J connectivity index is 1.94. The van der Waals surface area contributed by atoms with Crippen molar-refractivity contribution in [3.8, 4) is 5.75 Å². The van der Waals surface area contributed by atoms with E-state index in [1.165, 1.54) is 26.2 Å². The number of hydrogen-bond donors (Lipinski definition) is 4. The number of unbranched alkanes of at least 4 members (excludes halogenated alkanes) is 2. The van der Waals surface area contributed by atoms with Gasteiger partial charge in [0.15, 0.2) is 11.6 Å². The molecule has 2 atom stereocenters. The normalized spacial score (nSPS) is 13.5. The summed E-state index contributed by atoms with van der Waals surface area (Å²) in [7, 11) is 1.51. The molecular weight excluding hydrogens is 662 g/mol. The minimum Gasteiger partial charge on any atom is -0.485 e. The quantitative estimate of drug-likeness (QED) is 0.0857. The Morgan fingerprint density at radius 1 is 0.902 bits per heavy atom. The van der Waals surface area contributed by atoms with Crippen molar-refractivity contribution in [2.75, 3.05) is 32.1 Å². The smallest absolute Gasteiger partial charge is 0.312 e. The number of nitrogens with zero attached hydrogens (tertiary/aromatic N) is 1. The number of ether oxygens (including phenoxy) is 2. The lowest BCUT2D eigenvalue weighted by Gasteiger charge is -2.23. The summed E-state index contributed by atoms with van der Waals surface area (Å²) >= 11 is 0. The lowest BCUT2D eigenvalue weighted by Crippen LogP contribution is -2.44. The molecule has 0 saturated heterocycles. The Morgan fingerprint density at radius 3 is 2.18 bits per heavy atom. The average molecular weight is 714 g/mol. The van der Waals surface area contributed by atoms with Crippen molar-refractivity contribution in [1.29, 1.82) is 0 Å². The summed E-state index contributed by atoms with van der Waals surface area (Å²) < 4.78 is 11.1. The number of urea groups is 1. The van der Waals surface area contributed by atoms with Crippen LogP contribution in [0.5, 0.6) is 5.75 Å². The summed E-state index contributed by atoms with van der Waals surface area (Å²) in [5.74, 6) is -2.78. The van der Waals surface area contributed by atoms with E-state index < -0.39 is 35.7 Å². The first-order valence-corrected chi connectivity index (χ1v) is 17.2. The Morgan fingerprint density at radius 2 is 1.57 bits per heavy atom. The van der Waals surface area contributed by atoms with Gasteiger partial charge in [0.25, 0.3) is 11.8 Å². The van der Waals surface area contributed by atoms with Gasteiger partial charge in [-0.2, -0.15) is 0 Å². The number of carbonyl (C=O) groups excluding carboxylic acids is 8. The van der Waals surface area contributed by atoms with Gasteiger partial charge in [-0.3, -0.25) is 38.5 Å². The minimum atomic E-state index is -0.780. The van der Waals surface area contributed by atoms with Crippen LogP contribution < -0.4 is 26.4 Å². The third-order valence-electron chi connectivity index (χ3n) is 8.17. The molecular formula is C36H51N5O10. The van der Waals surface area contributed by atoms with E-state index in [4.69, 9.17) is 15.2 Å². The highest BCUT2D eigenvalue weighted by molar-refractivity contribution is 6.13. The van der Waals surface area contributed by atoms with Gasteiger partial charge in [-0.1, -0.05) is 26.3 Å². The van der Waals surface area contributed by atoms with Crippen molar-refractivity contribution in [2.45, 2.75) is 91.2 Å². The van der Waals surface area contributed by atoms with Gasteiger partial charge < -0.3 is 31.2 Å². The van der Waals surface area contributed by atoms with E-state index in [0.29, 0.717) is 49.1 Å². The molecule has 1 aliphatic heterocycles. The maximum atomic E-state index is 13.5. The van der Waals surface area contributed by atoms with Gasteiger partial charge in [-0.05, 0) is 37.7 Å². The molecule has 0 aromatic heterocycles. The number of carbonyl (C=O) groups is 8. The maximum absolute atomic E-state index is 13.5. The van der Waals surface area contributed by atoms with Gasteiger partial charge in [-0.25, -0.2) is 4.79 Å². The molecule has 6 amide bonds. The van der Waals surface area contributed by atoms with Crippen molar-refractivity contribution in [1.82, 2.24) is 15.5 Å². The van der Waals surface area contributed by atoms with E-state index in [0.717, 1.165) is 4.90 Å². The molecule has 0 radical (unpaired) electrons. The van der Waals surface area contributed by atoms with E-state index in [9.17, 15) is 38.4 Å². The Labute approximate surface area is 298 Å². The van der Waals surface area contributed by atoms with Crippen molar-refractivity contribution in [3.05, 3.63) is 35.9 Å². The van der Waals surface area contributed by atoms with E-state index in [2.05, 4.69) is 16.0 Å². The third kappa shape index (κ3) is 15.7. The van der Waals surface area contributed by atoms with Crippen molar-refractivity contribution in [2.24, 2.45) is 17.6 Å². The van der Waals surface area contributed by atoms with E-state index in [-0.39, 0.29) is 81.2 Å². The van der Waals surface area contributed by atoms with Crippen LogP contribution in [0.3, 0.4) is 0 Å². The Kier molecular flexibility index (Phi) is 18.2. The molecule has 1 aromatic rings. The number of nitrogens with two attached hydrogens (primary N) is 1. The number of nitrogens with one attached hydrogen (secondary N) is 3. The highest BCUT2D eigenvalue weighted by Crippen LogP contribution is 2.26. The number of rotatable bonds is 25. The van der Waals surface area contributed by atoms with Crippen LogP contribution in [0.4, 0.5) is 10.5 Å². The molecule has 0 aliphatic carbocycles. The molecule has 0 unspecified atom stereocenters. The number of hydrogen-bond acceptors (Lipinski definition) is 10. The van der Waals surface area contributed by atoms with Gasteiger partial charge in [0, 0.05) is 88.2 Å². The number of anilines is 1. The van der Waals surface area contributed by atoms with Crippen molar-refractivity contribution in [3.63, 3.8) is 0 Å². The molecule has 5 N–H and O–H groups in total. The number of methoxy groups -OCH3 is 1. The summed E-state index contributed by atoms with van der Waals surface area (Å²) in [6.07, 6.45) is 5.25. The van der Waals surface area contributed by atoms with Crippen LogP contribution in [-0.4, -0.2) is 84.8 Å². The van der Waals surface area contributed by atoms with Crippen LogP contribution in [0.15, 0.2) is 30.4 Å². The standard InChI is InChI=1S/C36H51N5O10/c1-23(2)34(39-24(3)42)30(45)19-25(9-8-17-38-36(37)49)35(48)40-27-13-12-26(21-50-4)31(20-27)51-22-29(44)11-7-5-6-10-28(43)16-18-41-32(46)14-15-33(41)47/h12-15,20,23,25,34H,5-11,16-19,21-22H2,1-4H3,(H,39,42)(H,40,48)(H3,37,38,49)/t25-,34+/m1/s1. The fraction of sp³-hybridized carbons (Fsp3) is 0.556. The molecule has 1 aromatic carbocycles. The highest BCUT2D eigenvalue weighted by atomic mass is 16.5. The number of benzene rings is 1. The molecule has 1 heterocycles. The molecule has 0 fully saturated rings. The third-order valence-corrected chi connectivity index (χ3v) is 8.17. The Bertz CT molecular complexity index is 1440. The molecule has 0 bridgehead atoms. The van der Waals surface area contributed by atoms with Gasteiger partial charge >= 0.3 is 6.03 Å². The fourth-order valence-electron chi connectivity index (χ4n) is 5.44. The topological polar surface area (TPSA) is 220 Å². The lowest BCUT2D eigenvalue weighted by molar-refractivity contribution is -0.137. The summed E-state index contributed by atoms with van der Waals surface area (Å²) in [5, 5.41) is 7.96. The monoisotopic (exact) mass is 713 g/mol. The zero-order chi connectivity index (χ0) is 37.9. The zero-order valence-electron chi connectivity index (χ0n) is 29.9. The number of ketones is 3. The van der Waals surface area contributed by atoms with Gasteiger partial charge in [0.05, 0.1) is 12.6 Å². The van der Waals surface area contributed by atoms with E-state index >= 15 is 0 Å². The summed E-state index contributed by atoms with van der Waals surface area (Å²) in [6.45, 7) is 5.16. The van der Waals surface area contributed by atoms with Crippen LogP contribution in [0, 0.1) is 11.8 Å². The van der Waals surface area contributed by atoms with Crippen LogP contribution in [0.2, 0.25) is 0 Å². The second-order valence-corrected chi connectivity index (χ2v) is 12.8. The minimum absolute atomic E-state index is 0.0578. The van der Waals surface area contributed by atoms with Gasteiger partial charge in [0.2, 0.25) is 11.8 Å². The summed E-state index contributed by atoms with van der Waals surface area (Å²) in [5.41, 5.74) is 6.16. The van der Waals surface area contributed by atoms with Gasteiger partial charge in [-0.15, -0.1) is 0 Å². The molecule has 15 heteroatoms. The van der Waals surface area contributed by atoms with Crippen LogP contribution in [-0.2, 0) is 44.9 Å². The average Bonchev–Trinajstić information content (AvgIpc) is 3.39. The van der Waals surface area contributed by atoms with Gasteiger partial charge in [0.1, 0.15) is 18.1 Å². The largest absolute Gasteiger partial charge is 0.485 e. The first-order chi connectivity index (χ1) is 24.2. The predicted octanol–water partition coefficient (Wildman–Crippen LogP) is 2.74. The number of amides is 6. The lowest BCUT2D eigenvalue weighted by atomic mass is 9.89. The number of imide groups is 1. The second kappa shape index (κ2) is 22.0. The number of primary amides is 1. The first-order valence-electron chi connectivity index (χ1n) is 17.2. The van der Waals surface area contributed by atoms with Crippen molar-refractivity contribution < 1.29 is 47.8 Å². The molecule has 280 valence electrons. The van der Waals surface area contributed by atoms with Crippen LogP contribution >= 0.6 is 0 Å². The zero-order valence-corrected chi connectivity index (χ0v) is 29.9. The first kappa shape index (κ1) is 42.2. The number of Topliss-reactive ketones (excluding diaryl/α,β-unsaturated/α-hetero) is 3. The SMILES string of the molecule is COCc1ccc(NC(=O)[C@H](CCCNC(N)=O)CC(=O)[C@@H](NC(C)=O)C(C)C)cc1OCC(=O)CCCCCC(=O)CCN1C(=O)C=CC1=O. The van der Waals surface area contributed by atoms with E-state index in [1.807, 2.05) is 0 Å². The highest BCUT2D eigenvalue weighted by Gasteiger charge is 2.29. The maximum Gasteiger partial charge on any atom is 0.312 e. The predicted molar refractivity (Wildman–Crippen MR) is 187 cm³/mol. The Hall–Kier alpha value is -4.92. The van der Waals surface area contributed by atoms with Crippen molar-refractivity contribution >= 4 is 52.7 Å². The molecule has 1 aliphatic rings. The fourth-order valence-corrected chi connectivity index (χ4v) is 5.44. The molecule has 0 spiro atoms. The molecule has 0 saturated carbocycles. The van der Waals surface area contributed by atoms with E-state index in [1.54, 1.807) is 32.0 Å². The summed E-state index contributed by atoms with van der Waals surface area (Å²) in [4.78, 5) is 98.5. The molecule has 15 nitrogen and oxygen atoms in total. The van der Waals surface area contributed by atoms with Crippen LogP contribution in [0.25, 0.3) is 0 Å². The molecule has 51 heavy (non-hydrogen) atoms. The molecule has 2 rings (SSSR count). The van der Waals surface area contributed by atoms with Crippen LogP contribution in [0.1, 0.15) is 84.1 Å². The second-order valence-electron chi connectivity index (χ2n) is 12.8.